The minimum atomic E-state index is -2.11. The van der Waals surface area contributed by atoms with Gasteiger partial charge in [-0.05, 0) is 77.9 Å². The summed E-state index contributed by atoms with van der Waals surface area (Å²) < 4.78 is 12.1. The van der Waals surface area contributed by atoms with E-state index in [0.717, 1.165) is 16.9 Å². The summed E-state index contributed by atoms with van der Waals surface area (Å²) in [6.07, 6.45) is 0.535. The molecule has 1 radical (unpaired) electrons. The van der Waals surface area contributed by atoms with E-state index in [1.165, 1.54) is 15.9 Å². The number of hydrogen-bond acceptors (Lipinski definition) is 8. The van der Waals surface area contributed by atoms with Crippen molar-refractivity contribution in [2.24, 2.45) is 20.4 Å². The summed E-state index contributed by atoms with van der Waals surface area (Å²) >= 11 is 10.9. The Bertz CT molecular complexity index is 1840. The van der Waals surface area contributed by atoms with Crippen molar-refractivity contribution in [3.63, 3.8) is 0 Å². The number of rotatable bonds is 15. The molecule has 0 unspecified atom stereocenters. The van der Waals surface area contributed by atoms with Gasteiger partial charge in [0.25, 0.3) is 0 Å². The SMILES string of the molecule is CCOc1ccc(C(=N\N=C(/[S-])NC)/C(=N/N=C(\[S-])NCCOC[P+](c2ccccc2)(c2ccccc2)c2ccccc2)c2ccccc2)cc1.[Cu+2]. The van der Waals surface area contributed by atoms with Crippen LogP contribution in [0.4, 0.5) is 0 Å². The van der Waals surface area contributed by atoms with Gasteiger partial charge >= 0.3 is 17.1 Å². The first-order valence-electron chi connectivity index (χ1n) is 16.5. The Labute approximate surface area is 328 Å². The van der Waals surface area contributed by atoms with Crippen LogP contribution in [0.2, 0.25) is 0 Å². The molecule has 0 heterocycles. The molecule has 2 N–H and O–H groups in total. The molecule has 0 fully saturated rings. The van der Waals surface area contributed by atoms with Gasteiger partial charge in [-0.15, -0.1) is 10.2 Å². The summed E-state index contributed by atoms with van der Waals surface area (Å²) in [5, 5.41) is 28.0. The average Bonchev–Trinajstić information content (AvgIpc) is 3.19. The smallest absolute Gasteiger partial charge is 0.741 e. The van der Waals surface area contributed by atoms with Crippen LogP contribution in [0.1, 0.15) is 18.1 Å². The molecule has 0 aromatic heterocycles. The summed E-state index contributed by atoms with van der Waals surface area (Å²) in [6, 6.07) is 49.1. The zero-order valence-corrected chi connectivity index (χ0v) is 32.3. The normalized spacial score (nSPS) is 12.5. The fraction of sp³-hybridized carbons (Fsp3) is 0.150. The Morgan fingerprint density at radius 1 is 0.596 bits per heavy atom. The first kappa shape index (κ1) is 40.3. The van der Waals surface area contributed by atoms with E-state index in [9.17, 15) is 0 Å². The van der Waals surface area contributed by atoms with Gasteiger partial charge in [-0.25, -0.2) is 0 Å². The standard InChI is InChI=1S/C40H41N6O2PS2.Cu/c1-3-48-33-26-24-32(25-27-33)38(43-45-39(50)41-2)37(31-16-8-4-9-17-31)44-46-40(51)42-28-29-47-30-49(34-18-10-5-11-19-34,35-20-12-6-13-21-35)36-22-14-7-15-23-36;/h4-27H,3,28-30H2,1-2H3,(H3-,41,42,43,44,45,46,50,51);/q;+2/p-1. The molecule has 0 spiro atoms. The van der Waals surface area contributed by atoms with Gasteiger partial charge in [0, 0.05) is 24.7 Å². The van der Waals surface area contributed by atoms with Crippen molar-refractivity contribution >= 4 is 70.2 Å². The molecule has 8 nitrogen and oxygen atoms in total. The molecule has 0 saturated carbocycles. The first-order valence-corrected chi connectivity index (χ1v) is 19.3. The summed E-state index contributed by atoms with van der Waals surface area (Å²) in [4.78, 5) is 0. The van der Waals surface area contributed by atoms with Crippen molar-refractivity contribution in [3.05, 3.63) is 157 Å². The molecule has 12 heteroatoms. The Balaban J connectivity index is 0.00000605. The van der Waals surface area contributed by atoms with Crippen LogP contribution >= 0.6 is 7.26 Å². The zero-order chi connectivity index (χ0) is 35.7. The number of ether oxygens (including phenoxy) is 2. The van der Waals surface area contributed by atoms with E-state index in [4.69, 9.17) is 34.7 Å². The third kappa shape index (κ3) is 10.8. The molecule has 52 heavy (non-hydrogen) atoms. The second-order valence-electron chi connectivity index (χ2n) is 11.1. The van der Waals surface area contributed by atoms with E-state index < -0.39 is 7.26 Å². The Morgan fingerprint density at radius 3 is 1.50 bits per heavy atom. The van der Waals surface area contributed by atoms with Crippen LogP contribution in [0.25, 0.3) is 0 Å². The van der Waals surface area contributed by atoms with E-state index >= 15 is 0 Å². The molecule has 0 atom stereocenters. The second kappa shape index (κ2) is 21.2. The third-order valence-corrected chi connectivity index (χ3v) is 12.4. The Kier molecular flexibility index (Phi) is 16.4. The predicted octanol–water partition coefficient (Wildman–Crippen LogP) is 5.77. The van der Waals surface area contributed by atoms with E-state index in [-0.39, 0.29) is 27.4 Å². The van der Waals surface area contributed by atoms with Crippen molar-refractivity contribution in [2.75, 3.05) is 33.2 Å². The summed E-state index contributed by atoms with van der Waals surface area (Å²) in [5.74, 6) is 0.745. The molecule has 0 saturated heterocycles. The molecule has 5 rings (SSSR count). The minimum Gasteiger partial charge on any atom is -0.741 e. The third-order valence-electron chi connectivity index (χ3n) is 7.80. The van der Waals surface area contributed by atoms with Crippen molar-refractivity contribution in [2.45, 2.75) is 6.92 Å². The fourth-order valence-electron chi connectivity index (χ4n) is 5.38. The molecule has 0 amide bonds. The van der Waals surface area contributed by atoms with Crippen LogP contribution in [0.5, 0.6) is 5.75 Å². The molecular weight excluding hydrogens is 755 g/mol. The van der Waals surface area contributed by atoms with Gasteiger partial charge in [0.05, 0.1) is 13.2 Å². The van der Waals surface area contributed by atoms with E-state index in [2.05, 4.69) is 104 Å². The molecule has 5 aromatic rings. The van der Waals surface area contributed by atoms with Crippen LogP contribution < -0.4 is 31.3 Å². The van der Waals surface area contributed by atoms with Crippen LogP contribution in [-0.2, 0) is 47.1 Å². The van der Waals surface area contributed by atoms with E-state index in [0.29, 0.717) is 37.5 Å². The maximum absolute atomic E-state index is 6.49. The summed E-state index contributed by atoms with van der Waals surface area (Å²) in [5.41, 5.74) is 2.49. The summed E-state index contributed by atoms with van der Waals surface area (Å²) in [7, 11) is -0.418. The number of benzene rings is 5. The molecular formula is C40H40CuN6O2PS2+. The zero-order valence-electron chi connectivity index (χ0n) is 28.9. The van der Waals surface area contributed by atoms with Gasteiger partial charge in [0.15, 0.2) is 6.35 Å². The molecule has 269 valence electrons. The van der Waals surface area contributed by atoms with Crippen LogP contribution in [0.15, 0.2) is 166 Å². The van der Waals surface area contributed by atoms with Gasteiger partial charge in [0.2, 0.25) is 0 Å². The molecule has 0 aliphatic rings. The van der Waals surface area contributed by atoms with Gasteiger partial charge in [-0.1, -0.05) is 84.9 Å². The first-order chi connectivity index (χ1) is 25.0. The molecule has 0 bridgehead atoms. The van der Waals surface area contributed by atoms with Crippen molar-refractivity contribution < 1.29 is 26.5 Å². The van der Waals surface area contributed by atoms with Crippen LogP contribution in [-0.4, -0.2) is 54.9 Å². The van der Waals surface area contributed by atoms with Gasteiger partial charge < -0.3 is 45.4 Å². The Morgan fingerprint density at radius 2 is 1.04 bits per heavy atom. The largest absolute Gasteiger partial charge is 2.00 e. The van der Waals surface area contributed by atoms with Crippen LogP contribution in [0.3, 0.4) is 0 Å². The topological polar surface area (TPSA) is 92.0 Å². The van der Waals surface area contributed by atoms with E-state index in [1.54, 1.807) is 7.05 Å². The summed E-state index contributed by atoms with van der Waals surface area (Å²) in [6.45, 7) is 3.37. The maximum Gasteiger partial charge on any atom is 2.00 e. The molecule has 0 aliphatic carbocycles. The minimum absolute atomic E-state index is 0. The number of nitrogens with one attached hydrogen (secondary N) is 2. The van der Waals surface area contributed by atoms with Gasteiger partial charge in [0.1, 0.15) is 40.3 Å². The molecule has 0 aliphatic heterocycles. The van der Waals surface area contributed by atoms with Gasteiger partial charge in [-0.2, -0.15) is 10.2 Å². The number of amidine groups is 2. The van der Waals surface area contributed by atoms with Crippen molar-refractivity contribution in [3.8, 4) is 5.75 Å². The second-order valence-corrected chi connectivity index (χ2v) is 15.3. The monoisotopic (exact) mass is 794 g/mol. The average molecular weight is 795 g/mol. The number of hydrogen-bond donors (Lipinski definition) is 2. The Hall–Kier alpha value is -4.47. The van der Waals surface area contributed by atoms with Crippen molar-refractivity contribution in [1.82, 2.24) is 10.6 Å². The maximum atomic E-state index is 6.49. The fourth-order valence-corrected chi connectivity index (χ4v) is 9.35. The quantitative estimate of drug-likeness (QED) is 0.0266. The van der Waals surface area contributed by atoms with Gasteiger partial charge in [-0.3, -0.25) is 0 Å². The van der Waals surface area contributed by atoms with Crippen LogP contribution in [0, 0.1) is 0 Å². The molecule has 5 aromatic carbocycles. The van der Waals surface area contributed by atoms with E-state index in [1.807, 2.05) is 79.7 Å². The predicted molar refractivity (Wildman–Crippen MR) is 220 cm³/mol. The number of nitrogens with zero attached hydrogens (tertiary/aromatic N) is 4. The van der Waals surface area contributed by atoms with Crippen molar-refractivity contribution in [1.29, 1.82) is 0 Å².